The minimum atomic E-state index is -4.11. The van der Waals surface area contributed by atoms with Crippen molar-refractivity contribution in [2.24, 2.45) is 0 Å². The second-order valence-corrected chi connectivity index (χ2v) is 6.60. The molecule has 0 heterocycles. The third-order valence-corrected chi connectivity index (χ3v) is 4.74. The second kappa shape index (κ2) is 7.47. The molecule has 0 spiro atoms. The van der Waals surface area contributed by atoms with E-state index >= 15 is 0 Å². The number of sulfonamides is 1. The topological polar surface area (TPSA) is 81.7 Å². The van der Waals surface area contributed by atoms with E-state index in [-0.39, 0.29) is 22.0 Å². The van der Waals surface area contributed by atoms with Gasteiger partial charge in [0, 0.05) is 5.56 Å². The van der Waals surface area contributed by atoms with Crippen LogP contribution >= 0.6 is 0 Å². The molecular formula is C16H15F2NO5S. The highest BCUT2D eigenvalue weighted by Gasteiger charge is 2.22. The minimum Gasteiger partial charge on any atom is -0.493 e. The van der Waals surface area contributed by atoms with Crippen molar-refractivity contribution in [2.75, 3.05) is 7.11 Å². The predicted molar refractivity (Wildman–Crippen MR) is 85.5 cm³/mol. The number of ether oxygens (including phenoxy) is 2. The Labute approximate surface area is 143 Å². The zero-order valence-electron chi connectivity index (χ0n) is 13.3. The van der Waals surface area contributed by atoms with Crippen LogP contribution in [0, 0.1) is 6.92 Å². The molecule has 0 saturated carbocycles. The number of carbonyl (C=O) groups is 1. The molecule has 9 heteroatoms. The van der Waals surface area contributed by atoms with E-state index in [0.717, 1.165) is 6.07 Å². The number of aryl methyl sites for hydroxylation is 1. The van der Waals surface area contributed by atoms with Gasteiger partial charge in [-0.25, -0.2) is 13.1 Å². The largest absolute Gasteiger partial charge is 0.493 e. The molecule has 6 nitrogen and oxygen atoms in total. The summed E-state index contributed by atoms with van der Waals surface area (Å²) in [5.74, 6) is -1.37. The normalized spacial score (nSPS) is 11.2. The molecule has 1 N–H and O–H groups in total. The number of hydrogen-bond acceptors (Lipinski definition) is 5. The monoisotopic (exact) mass is 371 g/mol. The van der Waals surface area contributed by atoms with Crippen molar-refractivity contribution in [2.45, 2.75) is 18.4 Å². The molecule has 2 rings (SSSR count). The lowest BCUT2D eigenvalue weighted by atomic mass is 10.2. The standard InChI is InChI=1S/C16H15F2NO5S/c1-10-5-3-4-6-14(10)25(21,22)19-15(20)11-7-8-12(23-2)13(9-11)24-16(17)18/h3-9,16H,1-2H3,(H,19,20). The summed E-state index contributed by atoms with van der Waals surface area (Å²) in [6.45, 7) is -1.54. The van der Waals surface area contributed by atoms with Gasteiger partial charge in [0.25, 0.3) is 15.9 Å². The van der Waals surface area contributed by atoms with Crippen LogP contribution in [0.15, 0.2) is 47.4 Å². The Kier molecular flexibility index (Phi) is 5.58. The summed E-state index contributed by atoms with van der Waals surface area (Å²) < 4.78 is 60.5. The molecular weight excluding hydrogens is 356 g/mol. The fourth-order valence-electron chi connectivity index (χ4n) is 2.10. The van der Waals surface area contributed by atoms with Crippen LogP contribution in [-0.2, 0) is 10.0 Å². The summed E-state index contributed by atoms with van der Waals surface area (Å²) >= 11 is 0. The van der Waals surface area contributed by atoms with E-state index in [0.29, 0.717) is 5.56 Å². The average molecular weight is 371 g/mol. The lowest BCUT2D eigenvalue weighted by Gasteiger charge is -2.12. The molecule has 1 amide bonds. The zero-order valence-corrected chi connectivity index (χ0v) is 14.1. The SMILES string of the molecule is COc1ccc(C(=O)NS(=O)(=O)c2ccccc2C)cc1OC(F)F. The highest BCUT2D eigenvalue weighted by molar-refractivity contribution is 7.90. The minimum absolute atomic E-state index is 0.0152. The van der Waals surface area contributed by atoms with Gasteiger partial charge in [-0.05, 0) is 36.8 Å². The molecule has 0 aliphatic carbocycles. The molecule has 0 fully saturated rings. The highest BCUT2D eigenvalue weighted by Crippen LogP contribution is 2.29. The fourth-order valence-corrected chi connectivity index (χ4v) is 3.32. The lowest BCUT2D eigenvalue weighted by molar-refractivity contribution is -0.0512. The van der Waals surface area contributed by atoms with Gasteiger partial charge in [0.05, 0.1) is 12.0 Å². The molecule has 0 aliphatic heterocycles. The molecule has 0 aliphatic rings. The molecule has 0 saturated heterocycles. The quantitative estimate of drug-likeness (QED) is 0.844. The van der Waals surface area contributed by atoms with E-state index in [1.807, 2.05) is 4.72 Å². The third kappa shape index (κ3) is 4.44. The molecule has 2 aromatic rings. The van der Waals surface area contributed by atoms with Crippen LogP contribution < -0.4 is 14.2 Å². The van der Waals surface area contributed by atoms with Crippen LogP contribution in [0.4, 0.5) is 8.78 Å². The maximum Gasteiger partial charge on any atom is 0.387 e. The first-order chi connectivity index (χ1) is 11.7. The van der Waals surface area contributed by atoms with Crippen molar-refractivity contribution >= 4 is 15.9 Å². The number of halogens is 2. The van der Waals surface area contributed by atoms with E-state index < -0.39 is 22.5 Å². The van der Waals surface area contributed by atoms with Crippen LogP contribution in [0.25, 0.3) is 0 Å². The van der Waals surface area contributed by atoms with E-state index in [1.54, 1.807) is 19.1 Å². The second-order valence-electron chi connectivity index (χ2n) is 4.94. The van der Waals surface area contributed by atoms with E-state index in [2.05, 4.69) is 4.74 Å². The predicted octanol–water partition coefficient (Wildman–Crippen LogP) is 2.72. The van der Waals surface area contributed by atoms with Crippen molar-refractivity contribution < 1.29 is 31.5 Å². The molecule has 0 unspecified atom stereocenters. The van der Waals surface area contributed by atoms with Crippen molar-refractivity contribution in [3.63, 3.8) is 0 Å². The number of carbonyl (C=O) groups excluding carboxylic acids is 1. The number of methoxy groups -OCH3 is 1. The van der Waals surface area contributed by atoms with Crippen molar-refractivity contribution in [1.29, 1.82) is 0 Å². The molecule has 0 bridgehead atoms. The van der Waals surface area contributed by atoms with Crippen LogP contribution in [0.1, 0.15) is 15.9 Å². The maximum absolute atomic E-state index is 12.4. The Morgan fingerprint density at radius 2 is 1.80 bits per heavy atom. The Morgan fingerprint density at radius 1 is 1.12 bits per heavy atom. The molecule has 2 aromatic carbocycles. The third-order valence-electron chi connectivity index (χ3n) is 3.25. The van der Waals surface area contributed by atoms with Gasteiger partial charge in [0.2, 0.25) is 0 Å². The van der Waals surface area contributed by atoms with E-state index in [1.165, 1.54) is 31.4 Å². The summed E-state index contributed by atoms with van der Waals surface area (Å²) in [6, 6.07) is 9.56. The molecule has 25 heavy (non-hydrogen) atoms. The Balaban J connectivity index is 2.30. The Bertz CT molecular complexity index is 884. The smallest absolute Gasteiger partial charge is 0.387 e. The van der Waals surface area contributed by atoms with Crippen LogP contribution in [0.2, 0.25) is 0 Å². The van der Waals surface area contributed by atoms with Gasteiger partial charge in [-0.1, -0.05) is 18.2 Å². The average Bonchev–Trinajstić information content (AvgIpc) is 2.54. The van der Waals surface area contributed by atoms with Gasteiger partial charge >= 0.3 is 6.61 Å². The summed E-state index contributed by atoms with van der Waals surface area (Å²) in [4.78, 5) is 12.2. The number of benzene rings is 2. The Hall–Kier alpha value is -2.68. The van der Waals surface area contributed by atoms with E-state index in [4.69, 9.17) is 4.74 Å². The number of alkyl halides is 2. The van der Waals surface area contributed by atoms with Gasteiger partial charge in [-0.15, -0.1) is 0 Å². The van der Waals surface area contributed by atoms with Gasteiger partial charge < -0.3 is 9.47 Å². The Morgan fingerprint density at radius 3 is 2.40 bits per heavy atom. The van der Waals surface area contributed by atoms with Crippen LogP contribution in [0.5, 0.6) is 11.5 Å². The molecule has 0 atom stereocenters. The first kappa shape index (κ1) is 18.7. The summed E-state index contributed by atoms with van der Waals surface area (Å²) in [7, 11) is -2.86. The number of hydrogen-bond donors (Lipinski definition) is 1. The molecule has 0 aromatic heterocycles. The van der Waals surface area contributed by atoms with Gasteiger partial charge in [-0.3, -0.25) is 4.79 Å². The first-order valence-electron chi connectivity index (χ1n) is 7.00. The number of amides is 1. The number of nitrogens with one attached hydrogen (secondary N) is 1. The molecule has 0 radical (unpaired) electrons. The molecule has 134 valence electrons. The fraction of sp³-hybridized carbons (Fsp3) is 0.188. The van der Waals surface area contributed by atoms with Crippen LogP contribution in [-0.4, -0.2) is 28.0 Å². The summed E-state index contributed by atoms with van der Waals surface area (Å²) in [6.07, 6.45) is 0. The summed E-state index contributed by atoms with van der Waals surface area (Å²) in [5, 5.41) is 0. The van der Waals surface area contributed by atoms with Crippen molar-refractivity contribution in [3.8, 4) is 11.5 Å². The lowest BCUT2D eigenvalue weighted by Crippen LogP contribution is -2.31. The van der Waals surface area contributed by atoms with Gasteiger partial charge in [0.15, 0.2) is 11.5 Å². The van der Waals surface area contributed by atoms with Crippen molar-refractivity contribution in [1.82, 2.24) is 4.72 Å². The van der Waals surface area contributed by atoms with Crippen LogP contribution in [0.3, 0.4) is 0 Å². The first-order valence-corrected chi connectivity index (χ1v) is 8.48. The highest BCUT2D eigenvalue weighted by atomic mass is 32.2. The van der Waals surface area contributed by atoms with E-state index in [9.17, 15) is 22.0 Å². The maximum atomic E-state index is 12.4. The van der Waals surface area contributed by atoms with Gasteiger partial charge in [0.1, 0.15) is 0 Å². The number of rotatable bonds is 6. The zero-order chi connectivity index (χ0) is 18.6. The van der Waals surface area contributed by atoms with Crippen molar-refractivity contribution in [3.05, 3.63) is 53.6 Å². The summed E-state index contributed by atoms with van der Waals surface area (Å²) in [5.41, 5.74) is 0.285. The van der Waals surface area contributed by atoms with Gasteiger partial charge in [-0.2, -0.15) is 8.78 Å².